The first-order valence-corrected chi connectivity index (χ1v) is 30.4. The van der Waals surface area contributed by atoms with E-state index in [1.165, 1.54) is 4.90 Å². The molecule has 22 heteroatoms. The van der Waals surface area contributed by atoms with Crippen molar-refractivity contribution in [1.82, 2.24) is 50.1 Å². The monoisotopic (exact) mass is 1190 g/mol. The Labute approximate surface area is 505 Å². The zero-order chi connectivity index (χ0) is 64.1. The molecule has 0 bridgehead atoms. The van der Waals surface area contributed by atoms with E-state index in [2.05, 4.69) is 82.1 Å². The lowest BCUT2D eigenvalue weighted by Crippen LogP contribution is -2.53. The highest BCUT2D eigenvalue weighted by Gasteiger charge is 2.33. The van der Waals surface area contributed by atoms with Crippen molar-refractivity contribution >= 4 is 41.6 Å². The summed E-state index contributed by atoms with van der Waals surface area (Å²) in [4.78, 5) is 104. The predicted molar refractivity (Wildman–Crippen MR) is 326 cm³/mol. The van der Waals surface area contributed by atoms with Gasteiger partial charge in [0.25, 0.3) is 0 Å². The molecule has 1 aliphatic heterocycles. The number of rotatable bonds is 26. The van der Waals surface area contributed by atoms with Gasteiger partial charge >= 0.3 is 29.9 Å². The number of ether oxygens (including phenoxy) is 5. The van der Waals surface area contributed by atoms with Crippen molar-refractivity contribution in [2.45, 2.75) is 232 Å². The standard InChI is InChI=1S/C62H114N10O12/c1-56(2,3)44-69-32-30-67(28-29-68(42-52(76)82-60(13,14)15)31-33-70(35-34-69)45-57(4,5)6)41-47(73)23-22-37-80-38-36-72-40-46(65-66-72)39-71(43-53(77)83-61(16,17)18)50(74)26-25-49(58(7,8)9)64-55(79)63-48(54(78)84-62(19,20)21)24-27-51(75)81-59(10,11)12/h40,48-49H,22-39,41-45H2,1-21H3,(H2,63,64,79)/t48-,49-/m0/s1. The molecular formula is C62H114N10O12. The summed E-state index contributed by atoms with van der Waals surface area (Å²) in [6, 6.07) is -2.43. The van der Waals surface area contributed by atoms with Crippen LogP contribution in [0.2, 0.25) is 0 Å². The van der Waals surface area contributed by atoms with Crippen LogP contribution in [0.1, 0.15) is 190 Å². The van der Waals surface area contributed by atoms with Gasteiger partial charge in [-0.05, 0) is 119 Å². The Bertz CT molecular complexity index is 2220. The van der Waals surface area contributed by atoms with E-state index in [-0.39, 0.29) is 73.8 Å². The van der Waals surface area contributed by atoms with Crippen LogP contribution < -0.4 is 10.6 Å². The van der Waals surface area contributed by atoms with E-state index in [9.17, 15) is 33.6 Å². The number of aromatic nitrogens is 3. The number of esters is 4. The predicted octanol–water partition coefficient (Wildman–Crippen LogP) is 7.30. The van der Waals surface area contributed by atoms with Gasteiger partial charge in [-0.1, -0.05) is 67.5 Å². The third-order valence-corrected chi connectivity index (χ3v) is 12.8. The van der Waals surface area contributed by atoms with Crippen LogP contribution in [0.25, 0.3) is 0 Å². The van der Waals surface area contributed by atoms with Crippen molar-refractivity contribution < 1.29 is 57.2 Å². The molecule has 2 N–H and O–H groups in total. The second-order valence-corrected chi connectivity index (χ2v) is 30.2. The van der Waals surface area contributed by atoms with Crippen LogP contribution in [-0.4, -0.2) is 214 Å². The highest BCUT2D eigenvalue weighted by Crippen LogP contribution is 2.25. The summed E-state index contributed by atoms with van der Waals surface area (Å²) in [6.07, 6.45) is 2.48. The SMILES string of the molecule is CC(C)(C)CN1CCN(CC(=O)CCCOCCn2cc(CN(CC(=O)OC(C)(C)C)C(=O)CC[C@H](NC(=O)N[C@@H](CCC(=O)OC(C)(C)C)C(=O)OC(C)(C)C)C(C)(C)C)nn2)CCN(CC(=O)OC(C)(C)C)CCN(CC(C)(C)C)CC1. The minimum absolute atomic E-state index is 0.0478. The zero-order valence-corrected chi connectivity index (χ0v) is 56.0. The summed E-state index contributed by atoms with van der Waals surface area (Å²) in [7, 11) is 0. The van der Waals surface area contributed by atoms with Gasteiger partial charge in [-0.25, -0.2) is 14.3 Å². The number of carbonyl (C=O) groups excluding carboxylic acids is 7. The minimum atomic E-state index is -1.17. The number of hydrogen-bond donors (Lipinski definition) is 2. The molecule has 0 unspecified atom stereocenters. The Kier molecular flexibility index (Phi) is 29.9. The summed E-state index contributed by atoms with van der Waals surface area (Å²) in [5, 5.41) is 14.2. The van der Waals surface area contributed by atoms with E-state index >= 15 is 0 Å². The van der Waals surface area contributed by atoms with Crippen LogP contribution in [0, 0.1) is 16.2 Å². The number of nitrogens with zero attached hydrogens (tertiary/aromatic N) is 8. The summed E-state index contributed by atoms with van der Waals surface area (Å²) in [5.74, 6) is -2.35. The Balaban J connectivity index is 2.10. The summed E-state index contributed by atoms with van der Waals surface area (Å²) in [6.45, 7) is 49.7. The number of Topliss-reactive ketones (excluding diaryl/α,β-unsaturated/α-hetero) is 1. The largest absolute Gasteiger partial charge is 0.460 e. The molecule has 484 valence electrons. The Morgan fingerprint density at radius 2 is 1.02 bits per heavy atom. The second kappa shape index (κ2) is 33.4. The molecule has 1 aromatic heterocycles. The third-order valence-electron chi connectivity index (χ3n) is 12.8. The lowest BCUT2D eigenvalue weighted by Gasteiger charge is -2.37. The molecule has 1 aliphatic rings. The van der Waals surface area contributed by atoms with Crippen LogP contribution in [0.3, 0.4) is 0 Å². The molecule has 2 heterocycles. The highest BCUT2D eigenvalue weighted by atomic mass is 16.6. The number of carbonyl (C=O) groups is 7. The molecule has 3 amide bonds. The Hall–Kier alpha value is -4.77. The molecular weight excluding hydrogens is 1080 g/mol. The fourth-order valence-electron chi connectivity index (χ4n) is 9.33. The molecule has 2 atom stereocenters. The summed E-state index contributed by atoms with van der Waals surface area (Å²) >= 11 is 0. The first-order valence-electron chi connectivity index (χ1n) is 30.4. The average Bonchev–Trinajstić information content (AvgIpc) is 3.73. The number of ketones is 1. The smallest absolute Gasteiger partial charge is 0.329 e. The van der Waals surface area contributed by atoms with Crippen molar-refractivity contribution in [2.75, 3.05) is 98.3 Å². The first-order chi connectivity index (χ1) is 38.3. The van der Waals surface area contributed by atoms with E-state index in [0.717, 1.165) is 45.8 Å². The van der Waals surface area contributed by atoms with Crippen molar-refractivity contribution in [2.24, 2.45) is 16.2 Å². The molecule has 1 aromatic rings. The van der Waals surface area contributed by atoms with E-state index in [0.29, 0.717) is 64.5 Å². The van der Waals surface area contributed by atoms with Gasteiger partial charge in [-0.2, -0.15) is 0 Å². The fourth-order valence-corrected chi connectivity index (χ4v) is 9.33. The summed E-state index contributed by atoms with van der Waals surface area (Å²) in [5.41, 5.74) is -2.88. The molecule has 0 aliphatic carbocycles. The molecule has 2 rings (SSSR count). The molecule has 84 heavy (non-hydrogen) atoms. The molecule has 0 aromatic carbocycles. The quantitative estimate of drug-likeness (QED) is 0.0526. The van der Waals surface area contributed by atoms with E-state index in [1.807, 2.05) is 41.5 Å². The van der Waals surface area contributed by atoms with Crippen LogP contribution in [0.15, 0.2) is 6.20 Å². The van der Waals surface area contributed by atoms with Crippen LogP contribution >= 0.6 is 0 Å². The van der Waals surface area contributed by atoms with Crippen molar-refractivity contribution in [3.63, 3.8) is 0 Å². The van der Waals surface area contributed by atoms with Gasteiger partial charge in [-0.15, -0.1) is 5.10 Å². The van der Waals surface area contributed by atoms with Gasteiger partial charge in [0, 0.05) is 97.4 Å². The average molecular weight is 1190 g/mol. The Morgan fingerprint density at radius 3 is 1.51 bits per heavy atom. The topological polar surface area (TPSA) is 237 Å². The van der Waals surface area contributed by atoms with Gasteiger partial charge in [0.2, 0.25) is 5.91 Å². The zero-order valence-electron chi connectivity index (χ0n) is 56.0. The summed E-state index contributed by atoms with van der Waals surface area (Å²) < 4.78 is 29.9. The number of nitrogens with one attached hydrogen (secondary N) is 2. The van der Waals surface area contributed by atoms with Crippen molar-refractivity contribution in [1.29, 1.82) is 0 Å². The van der Waals surface area contributed by atoms with Gasteiger partial charge in [0.15, 0.2) is 0 Å². The fraction of sp³-hybridized carbons (Fsp3) is 0.855. The molecule has 0 radical (unpaired) electrons. The van der Waals surface area contributed by atoms with Gasteiger partial charge in [0.05, 0.1) is 39.0 Å². The van der Waals surface area contributed by atoms with Crippen molar-refractivity contribution in [3.05, 3.63) is 11.9 Å². The molecule has 0 saturated carbocycles. The molecule has 0 spiro atoms. The number of amides is 3. The Morgan fingerprint density at radius 1 is 0.548 bits per heavy atom. The van der Waals surface area contributed by atoms with Crippen LogP contribution in [0.4, 0.5) is 4.79 Å². The first kappa shape index (κ1) is 75.3. The van der Waals surface area contributed by atoms with Crippen LogP contribution in [0.5, 0.6) is 0 Å². The third kappa shape index (κ3) is 36.3. The maximum atomic E-state index is 14.1. The highest BCUT2D eigenvalue weighted by molar-refractivity contribution is 5.85. The van der Waals surface area contributed by atoms with Gasteiger partial charge in [0.1, 0.15) is 46.5 Å². The van der Waals surface area contributed by atoms with E-state index in [1.54, 1.807) is 73.2 Å². The molecule has 1 fully saturated rings. The maximum absolute atomic E-state index is 14.1. The molecule has 1 saturated heterocycles. The number of urea groups is 1. The van der Waals surface area contributed by atoms with Gasteiger partial charge < -0.3 is 49.0 Å². The van der Waals surface area contributed by atoms with E-state index in [4.69, 9.17) is 23.7 Å². The van der Waals surface area contributed by atoms with E-state index < -0.39 is 63.8 Å². The number of hydrogen-bond acceptors (Lipinski definition) is 18. The molecule has 22 nitrogen and oxygen atoms in total. The van der Waals surface area contributed by atoms with Gasteiger partial charge in [-0.3, -0.25) is 33.8 Å². The second-order valence-electron chi connectivity index (χ2n) is 30.2. The van der Waals surface area contributed by atoms with Crippen molar-refractivity contribution in [3.8, 4) is 0 Å². The lowest BCUT2D eigenvalue weighted by molar-refractivity contribution is -0.160. The maximum Gasteiger partial charge on any atom is 0.329 e. The lowest BCUT2D eigenvalue weighted by atomic mass is 9.84. The van der Waals surface area contributed by atoms with Crippen LogP contribution in [-0.2, 0) is 65.5 Å². The minimum Gasteiger partial charge on any atom is -0.460 e. The normalized spacial score (nSPS) is 16.3.